The summed E-state index contributed by atoms with van der Waals surface area (Å²) in [6.45, 7) is 0.105. The third-order valence-corrected chi connectivity index (χ3v) is 3.55. The highest BCUT2D eigenvalue weighted by atomic mass is 32.2. The van der Waals surface area contributed by atoms with Crippen LogP contribution in [0.3, 0.4) is 0 Å². The lowest BCUT2D eigenvalue weighted by atomic mass is 10.2. The SMILES string of the molecule is NC(=O)CCOc1ccc(S(N)(=O)=O)c2ncccc12. The number of benzene rings is 1. The van der Waals surface area contributed by atoms with Gasteiger partial charge in [0.25, 0.3) is 0 Å². The first kappa shape index (κ1) is 14.2. The van der Waals surface area contributed by atoms with E-state index in [4.69, 9.17) is 15.6 Å². The van der Waals surface area contributed by atoms with Gasteiger partial charge in [-0.25, -0.2) is 13.6 Å². The number of fused-ring (bicyclic) bond motifs is 1. The lowest BCUT2D eigenvalue weighted by Gasteiger charge is -2.10. The molecule has 1 aromatic carbocycles. The maximum Gasteiger partial charge on any atom is 0.240 e. The highest BCUT2D eigenvalue weighted by Crippen LogP contribution is 2.28. The van der Waals surface area contributed by atoms with Crippen molar-refractivity contribution in [3.63, 3.8) is 0 Å². The lowest BCUT2D eigenvalue weighted by Crippen LogP contribution is -2.15. The normalized spacial score (nSPS) is 11.4. The van der Waals surface area contributed by atoms with E-state index in [2.05, 4.69) is 4.98 Å². The van der Waals surface area contributed by atoms with Crippen LogP contribution in [0.2, 0.25) is 0 Å². The minimum atomic E-state index is -3.87. The molecule has 1 heterocycles. The minimum Gasteiger partial charge on any atom is -0.492 e. The largest absolute Gasteiger partial charge is 0.492 e. The summed E-state index contributed by atoms with van der Waals surface area (Å²) < 4.78 is 28.4. The molecule has 0 aliphatic heterocycles. The molecule has 7 nitrogen and oxygen atoms in total. The van der Waals surface area contributed by atoms with E-state index >= 15 is 0 Å². The molecule has 8 heteroatoms. The number of rotatable bonds is 5. The number of amides is 1. The second-order valence-electron chi connectivity index (χ2n) is 4.07. The van der Waals surface area contributed by atoms with Gasteiger partial charge in [0, 0.05) is 11.6 Å². The Bertz CT molecular complexity index is 758. The van der Waals surface area contributed by atoms with Crippen molar-refractivity contribution in [2.45, 2.75) is 11.3 Å². The van der Waals surface area contributed by atoms with E-state index in [1.807, 2.05) is 0 Å². The Kier molecular flexibility index (Phi) is 3.86. The van der Waals surface area contributed by atoms with Gasteiger partial charge in [-0.3, -0.25) is 9.78 Å². The molecule has 0 atom stereocenters. The Hall–Kier alpha value is -2.19. The topological polar surface area (TPSA) is 125 Å². The van der Waals surface area contributed by atoms with Crippen molar-refractivity contribution < 1.29 is 17.9 Å². The molecule has 0 fully saturated rings. The van der Waals surface area contributed by atoms with E-state index in [1.54, 1.807) is 12.1 Å². The molecule has 0 aliphatic rings. The van der Waals surface area contributed by atoms with Crippen LogP contribution < -0.4 is 15.6 Å². The number of carbonyl (C=O) groups is 1. The van der Waals surface area contributed by atoms with Crippen LogP contribution >= 0.6 is 0 Å². The highest BCUT2D eigenvalue weighted by Gasteiger charge is 2.16. The molecular weight excluding hydrogens is 282 g/mol. The van der Waals surface area contributed by atoms with E-state index in [0.717, 1.165) is 0 Å². The van der Waals surface area contributed by atoms with Crippen LogP contribution in [0.1, 0.15) is 6.42 Å². The third-order valence-electron chi connectivity index (χ3n) is 2.61. The molecule has 1 aromatic heterocycles. The second kappa shape index (κ2) is 5.43. The molecule has 0 saturated heterocycles. The van der Waals surface area contributed by atoms with Crippen molar-refractivity contribution in [2.75, 3.05) is 6.61 Å². The van der Waals surface area contributed by atoms with E-state index in [-0.39, 0.29) is 23.4 Å². The molecule has 2 aromatic rings. The number of pyridine rings is 1. The number of carbonyl (C=O) groups excluding carboxylic acids is 1. The molecule has 4 N–H and O–H groups in total. The Morgan fingerprint density at radius 1 is 1.30 bits per heavy atom. The summed E-state index contributed by atoms with van der Waals surface area (Å²) in [5.74, 6) is -0.0599. The van der Waals surface area contributed by atoms with Gasteiger partial charge in [0.15, 0.2) is 0 Å². The van der Waals surface area contributed by atoms with Crippen LogP contribution in [0, 0.1) is 0 Å². The average Bonchev–Trinajstić information content (AvgIpc) is 2.37. The van der Waals surface area contributed by atoms with Crippen LogP contribution in [0.15, 0.2) is 35.4 Å². The van der Waals surface area contributed by atoms with Gasteiger partial charge in [0.2, 0.25) is 15.9 Å². The summed E-state index contributed by atoms with van der Waals surface area (Å²) in [5, 5.41) is 5.65. The quantitative estimate of drug-likeness (QED) is 0.811. The number of aromatic nitrogens is 1. The summed E-state index contributed by atoms with van der Waals surface area (Å²) in [7, 11) is -3.87. The van der Waals surface area contributed by atoms with Crippen LogP contribution in [0.5, 0.6) is 5.75 Å². The van der Waals surface area contributed by atoms with Gasteiger partial charge in [-0.1, -0.05) is 0 Å². The van der Waals surface area contributed by atoms with Crippen molar-refractivity contribution >= 4 is 26.8 Å². The molecule has 106 valence electrons. The van der Waals surface area contributed by atoms with Gasteiger partial charge in [-0.2, -0.15) is 0 Å². The number of nitrogens with zero attached hydrogens (tertiary/aromatic N) is 1. The second-order valence-corrected chi connectivity index (χ2v) is 5.60. The lowest BCUT2D eigenvalue weighted by molar-refractivity contribution is -0.118. The predicted octanol–water partition coefficient (Wildman–Crippen LogP) is 0.136. The van der Waals surface area contributed by atoms with Crippen molar-refractivity contribution in [3.05, 3.63) is 30.5 Å². The molecule has 0 aliphatic carbocycles. The van der Waals surface area contributed by atoms with Gasteiger partial charge < -0.3 is 10.5 Å². The maximum atomic E-state index is 11.5. The van der Waals surface area contributed by atoms with Crippen LogP contribution in [-0.2, 0) is 14.8 Å². The zero-order valence-corrected chi connectivity index (χ0v) is 11.3. The zero-order valence-electron chi connectivity index (χ0n) is 10.4. The van der Waals surface area contributed by atoms with E-state index < -0.39 is 15.9 Å². The Labute approximate surface area is 115 Å². The number of ether oxygens (including phenoxy) is 1. The number of nitrogens with two attached hydrogens (primary N) is 2. The molecule has 0 radical (unpaired) electrons. The van der Waals surface area contributed by atoms with Crippen LogP contribution in [0.4, 0.5) is 0 Å². The van der Waals surface area contributed by atoms with Gasteiger partial charge in [-0.05, 0) is 24.3 Å². The van der Waals surface area contributed by atoms with Gasteiger partial charge in [0.05, 0.1) is 18.5 Å². The molecule has 0 bridgehead atoms. The van der Waals surface area contributed by atoms with Gasteiger partial charge in [-0.15, -0.1) is 0 Å². The summed E-state index contributed by atoms with van der Waals surface area (Å²) in [4.78, 5) is 14.6. The summed E-state index contributed by atoms with van der Waals surface area (Å²) in [5.41, 5.74) is 5.25. The van der Waals surface area contributed by atoms with Crippen LogP contribution in [-0.4, -0.2) is 25.9 Å². The fourth-order valence-electron chi connectivity index (χ4n) is 1.74. The van der Waals surface area contributed by atoms with Crippen molar-refractivity contribution in [2.24, 2.45) is 10.9 Å². The van der Waals surface area contributed by atoms with Crippen molar-refractivity contribution in [3.8, 4) is 5.75 Å². The molecule has 0 unspecified atom stereocenters. The Morgan fingerprint density at radius 3 is 2.70 bits per heavy atom. The smallest absolute Gasteiger partial charge is 0.240 e. The van der Waals surface area contributed by atoms with Gasteiger partial charge >= 0.3 is 0 Å². The molecule has 0 spiro atoms. The zero-order chi connectivity index (χ0) is 14.8. The first-order valence-electron chi connectivity index (χ1n) is 5.71. The fraction of sp³-hybridized carbons (Fsp3) is 0.167. The number of hydrogen-bond acceptors (Lipinski definition) is 5. The number of primary amides is 1. The summed E-state index contributed by atoms with van der Waals surface area (Å²) in [6.07, 6.45) is 1.53. The molecule has 20 heavy (non-hydrogen) atoms. The van der Waals surface area contributed by atoms with Crippen molar-refractivity contribution in [1.82, 2.24) is 4.98 Å². The highest BCUT2D eigenvalue weighted by molar-refractivity contribution is 7.89. The van der Waals surface area contributed by atoms with E-state index in [1.165, 1.54) is 18.3 Å². The predicted molar refractivity (Wildman–Crippen MR) is 72.4 cm³/mol. The average molecular weight is 295 g/mol. The summed E-state index contributed by atoms with van der Waals surface area (Å²) >= 11 is 0. The maximum absolute atomic E-state index is 11.5. The molecule has 1 amide bonds. The van der Waals surface area contributed by atoms with E-state index in [9.17, 15) is 13.2 Å². The monoisotopic (exact) mass is 295 g/mol. The molecule has 0 saturated carbocycles. The first-order valence-corrected chi connectivity index (χ1v) is 7.26. The third kappa shape index (κ3) is 3.03. The molecular formula is C12H13N3O4S. The minimum absolute atomic E-state index is 0.0681. The Morgan fingerprint density at radius 2 is 2.05 bits per heavy atom. The fourth-order valence-corrected chi connectivity index (χ4v) is 2.43. The summed E-state index contributed by atoms with van der Waals surface area (Å²) in [6, 6.07) is 6.11. The standard InChI is InChI=1S/C12H13N3O4S/c13-11(16)5-7-19-9-3-4-10(20(14,17)18)12-8(9)2-1-6-15-12/h1-4,6H,5,7H2,(H2,13,16)(H2,14,17,18). The van der Waals surface area contributed by atoms with Crippen LogP contribution in [0.25, 0.3) is 10.9 Å². The first-order chi connectivity index (χ1) is 9.39. The Balaban J connectivity index is 2.46. The number of sulfonamides is 1. The molecule has 2 rings (SSSR count). The van der Waals surface area contributed by atoms with E-state index in [0.29, 0.717) is 11.1 Å². The number of hydrogen-bond donors (Lipinski definition) is 2. The number of primary sulfonamides is 1. The van der Waals surface area contributed by atoms with Gasteiger partial charge in [0.1, 0.15) is 10.6 Å². The van der Waals surface area contributed by atoms with Crippen molar-refractivity contribution in [1.29, 1.82) is 0 Å².